The zero-order chi connectivity index (χ0) is 19.5. The second-order valence-corrected chi connectivity index (χ2v) is 6.76. The highest BCUT2D eigenvalue weighted by Crippen LogP contribution is 2.33. The third-order valence-corrected chi connectivity index (χ3v) is 5.05. The van der Waals surface area contributed by atoms with Crippen molar-refractivity contribution in [3.63, 3.8) is 0 Å². The van der Waals surface area contributed by atoms with Gasteiger partial charge in [-0.25, -0.2) is 0 Å². The summed E-state index contributed by atoms with van der Waals surface area (Å²) in [5, 5.41) is 14.3. The zero-order valence-corrected chi connectivity index (χ0v) is 15.3. The van der Waals surface area contributed by atoms with E-state index in [1.165, 1.54) is 12.1 Å². The number of amides is 1. The number of para-hydroxylation sites is 1. The standard InChI is InChI=1S/C20H21N3O5/c24-20(21-17-7-10-28-19-4-2-1-3-15(17)19)16-13-14(23(25)26)5-6-18(16)22-8-11-27-12-9-22/h1-6,13,17H,7-12H2,(H,21,24)/t17-/m0/s1. The molecule has 2 heterocycles. The van der Waals surface area contributed by atoms with E-state index < -0.39 is 4.92 Å². The van der Waals surface area contributed by atoms with Gasteiger partial charge in [0, 0.05) is 37.2 Å². The molecule has 0 aromatic heterocycles. The Morgan fingerprint density at radius 3 is 2.71 bits per heavy atom. The second-order valence-electron chi connectivity index (χ2n) is 6.76. The summed E-state index contributed by atoms with van der Waals surface area (Å²) in [6, 6.07) is 11.8. The molecule has 0 bridgehead atoms. The molecule has 4 rings (SSSR count). The largest absolute Gasteiger partial charge is 0.493 e. The van der Waals surface area contributed by atoms with Crippen LogP contribution in [0.5, 0.6) is 5.75 Å². The molecule has 2 aromatic rings. The molecule has 8 nitrogen and oxygen atoms in total. The van der Waals surface area contributed by atoms with Crippen molar-refractivity contribution < 1.29 is 19.2 Å². The Labute approximate surface area is 162 Å². The van der Waals surface area contributed by atoms with E-state index in [2.05, 4.69) is 5.32 Å². The molecule has 0 radical (unpaired) electrons. The molecule has 1 N–H and O–H groups in total. The summed E-state index contributed by atoms with van der Waals surface area (Å²) in [4.78, 5) is 25.9. The van der Waals surface area contributed by atoms with Crippen LogP contribution >= 0.6 is 0 Å². The number of benzene rings is 2. The minimum atomic E-state index is -0.483. The lowest BCUT2D eigenvalue weighted by Gasteiger charge is -2.31. The Morgan fingerprint density at radius 1 is 1.14 bits per heavy atom. The maximum Gasteiger partial charge on any atom is 0.270 e. The number of nitro benzene ring substituents is 1. The fourth-order valence-electron chi connectivity index (χ4n) is 3.63. The molecule has 28 heavy (non-hydrogen) atoms. The predicted octanol–water partition coefficient (Wildman–Crippen LogP) is 2.69. The highest BCUT2D eigenvalue weighted by atomic mass is 16.6. The van der Waals surface area contributed by atoms with E-state index in [0.29, 0.717) is 50.6 Å². The zero-order valence-electron chi connectivity index (χ0n) is 15.3. The van der Waals surface area contributed by atoms with E-state index >= 15 is 0 Å². The van der Waals surface area contributed by atoms with Crippen LogP contribution in [0.4, 0.5) is 11.4 Å². The van der Waals surface area contributed by atoms with Crippen molar-refractivity contribution in [1.82, 2.24) is 5.32 Å². The number of nitro groups is 1. The third kappa shape index (κ3) is 3.63. The maximum atomic E-state index is 13.1. The number of rotatable bonds is 4. The Bertz CT molecular complexity index is 895. The van der Waals surface area contributed by atoms with Gasteiger partial charge in [0.1, 0.15) is 5.75 Å². The number of carbonyl (C=O) groups excluding carboxylic acids is 1. The number of nitrogens with one attached hydrogen (secondary N) is 1. The van der Waals surface area contributed by atoms with Gasteiger partial charge in [-0.2, -0.15) is 0 Å². The molecule has 1 amide bonds. The van der Waals surface area contributed by atoms with Crippen molar-refractivity contribution in [1.29, 1.82) is 0 Å². The number of morpholine rings is 1. The van der Waals surface area contributed by atoms with Crippen LogP contribution in [-0.4, -0.2) is 43.7 Å². The average Bonchev–Trinajstić information content (AvgIpc) is 2.74. The first kappa shape index (κ1) is 18.2. The number of nitrogens with zero attached hydrogens (tertiary/aromatic N) is 2. The van der Waals surface area contributed by atoms with E-state index in [1.54, 1.807) is 6.07 Å². The maximum absolute atomic E-state index is 13.1. The minimum Gasteiger partial charge on any atom is -0.493 e. The van der Waals surface area contributed by atoms with Gasteiger partial charge in [-0.05, 0) is 12.1 Å². The monoisotopic (exact) mass is 383 g/mol. The SMILES string of the molecule is O=C(N[C@H]1CCOc2ccccc21)c1cc([N+](=O)[O-])ccc1N1CCOCC1. The topological polar surface area (TPSA) is 93.9 Å². The van der Waals surface area contributed by atoms with Gasteiger partial charge in [-0.15, -0.1) is 0 Å². The van der Waals surface area contributed by atoms with E-state index in [-0.39, 0.29) is 17.6 Å². The number of carbonyl (C=O) groups is 1. The van der Waals surface area contributed by atoms with Crippen LogP contribution in [0.2, 0.25) is 0 Å². The molecular formula is C20H21N3O5. The number of non-ortho nitro benzene ring substituents is 1. The van der Waals surface area contributed by atoms with Gasteiger partial charge in [-0.3, -0.25) is 14.9 Å². The van der Waals surface area contributed by atoms with Gasteiger partial charge in [0.25, 0.3) is 11.6 Å². The first-order valence-electron chi connectivity index (χ1n) is 9.27. The molecule has 2 aromatic carbocycles. The molecule has 2 aliphatic rings. The smallest absolute Gasteiger partial charge is 0.270 e. The lowest BCUT2D eigenvalue weighted by Crippen LogP contribution is -2.38. The molecular weight excluding hydrogens is 362 g/mol. The van der Waals surface area contributed by atoms with Crippen LogP contribution < -0.4 is 15.0 Å². The fraction of sp³-hybridized carbons (Fsp3) is 0.350. The molecule has 8 heteroatoms. The van der Waals surface area contributed by atoms with E-state index in [4.69, 9.17) is 9.47 Å². The lowest BCUT2D eigenvalue weighted by molar-refractivity contribution is -0.384. The van der Waals surface area contributed by atoms with Gasteiger partial charge >= 0.3 is 0 Å². The Hall–Kier alpha value is -3.13. The van der Waals surface area contributed by atoms with Crippen molar-refractivity contribution in [2.24, 2.45) is 0 Å². The Balaban J connectivity index is 1.64. The molecule has 0 saturated carbocycles. The second kappa shape index (κ2) is 7.85. The van der Waals surface area contributed by atoms with Crippen molar-refractivity contribution in [2.45, 2.75) is 12.5 Å². The molecule has 1 fully saturated rings. The quantitative estimate of drug-likeness (QED) is 0.644. The van der Waals surface area contributed by atoms with Gasteiger partial charge in [0.15, 0.2) is 0 Å². The van der Waals surface area contributed by atoms with Gasteiger partial charge < -0.3 is 19.7 Å². The fourth-order valence-corrected chi connectivity index (χ4v) is 3.63. The van der Waals surface area contributed by atoms with Crippen LogP contribution in [0.15, 0.2) is 42.5 Å². The summed E-state index contributed by atoms with van der Waals surface area (Å²) in [5.41, 5.74) is 1.81. The van der Waals surface area contributed by atoms with E-state index in [9.17, 15) is 14.9 Å². The van der Waals surface area contributed by atoms with Crippen LogP contribution in [0.1, 0.15) is 28.4 Å². The van der Waals surface area contributed by atoms with Crippen LogP contribution in [0.25, 0.3) is 0 Å². The van der Waals surface area contributed by atoms with Crippen molar-refractivity contribution in [3.05, 3.63) is 63.7 Å². The average molecular weight is 383 g/mol. The van der Waals surface area contributed by atoms with E-state index in [1.807, 2.05) is 29.2 Å². The predicted molar refractivity (Wildman–Crippen MR) is 103 cm³/mol. The highest BCUT2D eigenvalue weighted by molar-refractivity contribution is 6.00. The van der Waals surface area contributed by atoms with E-state index in [0.717, 1.165) is 11.3 Å². The number of ether oxygens (including phenoxy) is 2. The van der Waals surface area contributed by atoms with Crippen LogP contribution in [-0.2, 0) is 4.74 Å². The molecule has 2 aliphatic heterocycles. The lowest BCUT2D eigenvalue weighted by atomic mass is 9.99. The first-order valence-corrected chi connectivity index (χ1v) is 9.27. The highest BCUT2D eigenvalue weighted by Gasteiger charge is 2.27. The molecule has 1 atom stereocenters. The normalized spacial score (nSPS) is 18.7. The van der Waals surface area contributed by atoms with Crippen LogP contribution in [0.3, 0.4) is 0 Å². The van der Waals surface area contributed by atoms with Crippen molar-refractivity contribution >= 4 is 17.3 Å². The number of hydrogen-bond acceptors (Lipinski definition) is 6. The minimum absolute atomic E-state index is 0.102. The molecule has 0 spiro atoms. The van der Waals surface area contributed by atoms with Gasteiger partial charge in [0.05, 0.1) is 42.0 Å². The molecule has 146 valence electrons. The molecule has 1 saturated heterocycles. The Kier molecular flexibility index (Phi) is 5.12. The molecule has 0 aliphatic carbocycles. The summed E-state index contributed by atoms with van der Waals surface area (Å²) in [5.74, 6) is 0.429. The summed E-state index contributed by atoms with van der Waals surface area (Å²) in [6.07, 6.45) is 0.643. The van der Waals surface area contributed by atoms with Gasteiger partial charge in [0.2, 0.25) is 0 Å². The number of hydrogen-bond donors (Lipinski definition) is 1. The summed E-state index contributed by atoms with van der Waals surface area (Å²) < 4.78 is 11.0. The first-order chi connectivity index (χ1) is 13.6. The van der Waals surface area contributed by atoms with Crippen molar-refractivity contribution in [2.75, 3.05) is 37.8 Å². The summed E-state index contributed by atoms with van der Waals surface area (Å²) in [7, 11) is 0. The van der Waals surface area contributed by atoms with Gasteiger partial charge in [-0.1, -0.05) is 18.2 Å². The number of fused-ring (bicyclic) bond motifs is 1. The summed E-state index contributed by atoms with van der Waals surface area (Å²) in [6.45, 7) is 2.90. The third-order valence-electron chi connectivity index (χ3n) is 5.05. The molecule has 0 unspecified atom stereocenters. The Morgan fingerprint density at radius 2 is 1.93 bits per heavy atom. The van der Waals surface area contributed by atoms with Crippen LogP contribution in [0, 0.1) is 10.1 Å². The van der Waals surface area contributed by atoms with Crippen molar-refractivity contribution in [3.8, 4) is 5.75 Å². The summed E-state index contributed by atoms with van der Waals surface area (Å²) >= 11 is 0. The number of anilines is 1.